The molecule has 1 fully saturated rings. The van der Waals surface area contributed by atoms with Crippen molar-refractivity contribution in [3.05, 3.63) is 35.9 Å². The lowest BCUT2D eigenvalue weighted by Gasteiger charge is -2.31. The number of esters is 1. The summed E-state index contributed by atoms with van der Waals surface area (Å²) in [5.41, 5.74) is 0.800. The van der Waals surface area contributed by atoms with Crippen molar-refractivity contribution in [2.24, 2.45) is 17.8 Å². The van der Waals surface area contributed by atoms with Crippen LogP contribution in [-0.2, 0) is 40.1 Å². The average molecular weight is 660 g/mol. The molecule has 13 nitrogen and oxygen atoms in total. The van der Waals surface area contributed by atoms with Gasteiger partial charge in [-0.1, -0.05) is 78.3 Å². The molecule has 47 heavy (non-hydrogen) atoms. The molecule has 1 aromatic carbocycles. The zero-order chi connectivity index (χ0) is 35.3. The maximum Gasteiger partial charge on any atom is 0.408 e. The predicted molar refractivity (Wildman–Crippen MR) is 176 cm³/mol. The van der Waals surface area contributed by atoms with Crippen molar-refractivity contribution < 1.29 is 38.2 Å². The lowest BCUT2D eigenvalue weighted by atomic mass is 9.95. The summed E-state index contributed by atoms with van der Waals surface area (Å²) in [5.74, 6) is -3.13. The van der Waals surface area contributed by atoms with Crippen LogP contribution in [0.3, 0.4) is 0 Å². The summed E-state index contributed by atoms with van der Waals surface area (Å²) >= 11 is 0. The smallest absolute Gasteiger partial charge is 0.408 e. The molecular weight excluding hydrogens is 606 g/mol. The summed E-state index contributed by atoms with van der Waals surface area (Å²) in [6.07, 6.45) is 1.13. The van der Waals surface area contributed by atoms with E-state index in [1.807, 2.05) is 58.0 Å². The van der Waals surface area contributed by atoms with Gasteiger partial charge in [0.25, 0.3) is 0 Å². The van der Waals surface area contributed by atoms with E-state index >= 15 is 0 Å². The number of carbonyl (C=O) groups is 6. The fourth-order valence-electron chi connectivity index (χ4n) is 5.37. The number of amides is 5. The number of nitrogens with zero attached hydrogens (tertiary/aromatic N) is 1. The Morgan fingerprint density at radius 2 is 1.51 bits per heavy atom. The van der Waals surface area contributed by atoms with Crippen LogP contribution in [0, 0.1) is 17.8 Å². The standard InChI is InChI=1S/C34H53N5O8/c1-9-22(6)28(31(42)36-25(18-20(2)3)33(44)46-8)38-30(41)27(21(4)5)37-29(40)26-16-13-17-39(26)32(43)23(7)35-34(45)47-19-24-14-11-10-12-15-24/h10-12,14-15,20-23,25-28H,9,13,16-19H2,1-8H3,(H,35,45)(H,36,42)(H,37,40)(H,38,41)/t22-,23-,25-,26-,27-,28-/m0/s1. The zero-order valence-corrected chi connectivity index (χ0v) is 29.0. The van der Waals surface area contributed by atoms with Gasteiger partial charge in [0.15, 0.2) is 0 Å². The SMILES string of the molecule is CC[C@H](C)[C@H](NC(=O)[C@@H](NC(=O)[C@@H]1CCCN1C(=O)[C@H](C)NC(=O)OCc1ccccc1)C(C)C)C(=O)N[C@@H](CC(C)C)C(=O)OC. The largest absolute Gasteiger partial charge is 0.467 e. The van der Waals surface area contributed by atoms with E-state index in [1.165, 1.54) is 18.9 Å². The molecule has 0 aliphatic carbocycles. The first-order valence-corrected chi connectivity index (χ1v) is 16.5. The molecule has 1 aliphatic heterocycles. The second kappa shape index (κ2) is 18.9. The van der Waals surface area contributed by atoms with Crippen LogP contribution in [0.5, 0.6) is 0 Å². The Kier molecular flexibility index (Phi) is 15.7. The van der Waals surface area contributed by atoms with Gasteiger partial charge in [-0.3, -0.25) is 19.2 Å². The highest BCUT2D eigenvalue weighted by molar-refractivity contribution is 5.96. The number of hydrogen-bond acceptors (Lipinski definition) is 8. The Labute approximate surface area is 278 Å². The number of benzene rings is 1. The quantitative estimate of drug-likeness (QED) is 0.196. The Morgan fingerprint density at radius 3 is 2.09 bits per heavy atom. The van der Waals surface area contributed by atoms with Gasteiger partial charge in [0, 0.05) is 6.54 Å². The molecule has 1 aliphatic rings. The third kappa shape index (κ3) is 11.9. The topological polar surface area (TPSA) is 172 Å². The van der Waals surface area contributed by atoms with Crippen molar-refractivity contribution in [2.75, 3.05) is 13.7 Å². The molecule has 4 N–H and O–H groups in total. The van der Waals surface area contributed by atoms with Crippen molar-refractivity contribution in [3.63, 3.8) is 0 Å². The molecule has 0 saturated carbocycles. The van der Waals surface area contributed by atoms with Crippen molar-refractivity contribution in [1.82, 2.24) is 26.2 Å². The maximum absolute atomic E-state index is 13.6. The molecule has 262 valence electrons. The Bertz CT molecular complexity index is 1220. The first kappa shape index (κ1) is 39.0. The molecule has 5 amide bonds. The molecule has 0 radical (unpaired) electrons. The molecular formula is C34H53N5O8. The second-order valence-corrected chi connectivity index (χ2v) is 12.9. The van der Waals surface area contributed by atoms with E-state index in [-0.39, 0.29) is 24.4 Å². The molecule has 1 aromatic rings. The number of likely N-dealkylation sites (tertiary alicyclic amines) is 1. The van der Waals surface area contributed by atoms with Crippen LogP contribution in [0.2, 0.25) is 0 Å². The van der Waals surface area contributed by atoms with Crippen molar-refractivity contribution in [3.8, 4) is 0 Å². The van der Waals surface area contributed by atoms with Crippen molar-refractivity contribution in [2.45, 2.75) is 111 Å². The van der Waals surface area contributed by atoms with Crippen molar-refractivity contribution >= 4 is 35.7 Å². The molecule has 6 atom stereocenters. The van der Waals surface area contributed by atoms with Crippen LogP contribution in [-0.4, -0.2) is 84.5 Å². The van der Waals surface area contributed by atoms with Crippen LogP contribution >= 0.6 is 0 Å². The van der Waals surface area contributed by atoms with Gasteiger partial charge >= 0.3 is 12.1 Å². The number of ether oxygens (including phenoxy) is 2. The number of rotatable bonds is 16. The van der Waals surface area contributed by atoms with Crippen molar-refractivity contribution in [1.29, 1.82) is 0 Å². The molecule has 13 heteroatoms. The number of carbonyl (C=O) groups excluding carboxylic acids is 6. The fourth-order valence-corrected chi connectivity index (χ4v) is 5.37. The average Bonchev–Trinajstić information content (AvgIpc) is 3.53. The monoisotopic (exact) mass is 659 g/mol. The molecule has 2 rings (SSSR count). The van der Waals surface area contributed by atoms with E-state index in [4.69, 9.17) is 9.47 Å². The number of methoxy groups -OCH3 is 1. The highest BCUT2D eigenvalue weighted by Gasteiger charge is 2.39. The Morgan fingerprint density at radius 1 is 0.872 bits per heavy atom. The molecule has 0 aromatic heterocycles. The predicted octanol–water partition coefficient (Wildman–Crippen LogP) is 2.67. The number of nitrogens with one attached hydrogen (secondary N) is 4. The second-order valence-electron chi connectivity index (χ2n) is 12.9. The third-order valence-electron chi connectivity index (χ3n) is 8.31. The van der Waals surface area contributed by atoms with Crippen LogP contribution < -0.4 is 21.3 Å². The summed E-state index contributed by atoms with van der Waals surface area (Å²) < 4.78 is 10.1. The van der Waals surface area contributed by atoms with E-state index in [9.17, 15) is 28.8 Å². The van der Waals surface area contributed by atoms with Gasteiger partial charge in [0.1, 0.15) is 36.8 Å². The minimum Gasteiger partial charge on any atom is -0.467 e. The molecule has 1 heterocycles. The van der Waals surface area contributed by atoms with Gasteiger partial charge in [-0.25, -0.2) is 9.59 Å². The molecule has 0 spiro atoms. The Balaban J connectivity index is 2.08. The van der Waals surface area contributed by atoms with E-state index in [1.54, 1.807) is 13.8 Å². The van der Waals surface area contributed by atoms with Gasteiger partial charge in [-0.2, -0.15) is 0 Å². The summed E-state index contributed by atoms with van der Waals surface area (Å²) in [6, 6.07) is 4.49. The van der Waals surface area contributed by atoms with E-state index < -0.39 is 65.9 Å². The lowest BCUT2D eigenvalue weighted by Crippen LogP contribution is -2.60. The maximum atomic E-state index is 13.6. The highest BCUT2D eigenvalue weighted by atomic mass is 16.5. The van der Waals surface area contributed by atoms with E-state index in [0.29, 0.717) is 32.2 Å². The fraction of sp³-hybridized carbons (Fsp3) is 0.647. The molecule has 0 unspecified atom stereocenters. The van der Waals surface area contributed by atoms with Gasteiger partial charge in [-0.15, -0.1) is 0 Å². The summed E-state index contributed by atoms with van der Waals surface area (Å²) in [6.45, 7) is 13.0. The van der Waals surface area contributed by atoms with Gasteiger partial charge in [-0.05, 0) is 49.5 Å². The van der Waals surface area contributed by atoms with Crippen LogP contribution in [0.25, 0.3) is 0 Å². The van der Waals surface area contributed by atoms with E-state index in [2.05, 4.69) is 21.3 Å². The lowest BCUT2D eigenvalue weighted by molar-refractivity contribution is -0.146. The molecule has 1 saturated heterocycles. The number of hydrogen-bond donors (Lipinski definition) is 4. The number of alkyl carbamates (subject to hydrolysis) is 1. The van der Waals surface area contributed by atoms with E-state index in [0.717, 1.165) is 5.56 Å². The van der Waals surface area contributed by atoms with Gasteiger partial charge in [0.05, 0.1) is 7.11 Å². The summed E-state index contributed by atoms with van der Waals surface area (Å²) in [5, 5.41) is 10.9. The normalized spacial score (nSPS) is 17.6. The van der Waals surface area contributed by atoms with Crippen LogP contribution in [0.15, 0.2) is 30.3 Å². The zero-order valence-electron chi connectivity index (χ0n) is 29.0. The minimum absolute atomic E-state index is 0.0460. The van der Waals surface area contributed by atoms with Crippen LogP contribution in [0.1, 0.15) is 79.7 Å². The van der Waals surface area contributed by atoms with Crippen LogP contribution in [0.4, 0.5) is 4.79 Å². The summed E-state index contributed by atoms with van der Waals surface area (Å²) in [7, 11) is 1.25. The third-order valence-corrected chi connectivity index (χ3v) is 8.31. The van der Waals surface area contributed by atoms with Gasteiger partial charge < -0.3 is 35.6 Å². The molecule has 0 bridgehead atoms. The first-order chi connectivity index (χ1) is 22.2. The first-order valence-electron chi connectivity index (χ1n) is 16.5. The van der Waals surface area contributed by atoms with Gasteiger partial charge in [0.2, 0.25) is 23.6 Å². The highest BCUT2D eigenvalue weighted by Crippen LogP contribution is 2.20. The minimum atomic E-state index is -1.00. The summed E-state index contributed by atoms with van der Waals surface area (Å²) in [4.78, 5) is 79.9. The Hall–Kier alpha value is -4.16.